The van der Waals surface area contributed by atoms with Crippen LogP contribution in [-0.2, 0) is 0 Å². The van der Waals surface area contributed by atoms with Gasteiger partial charge in [0.15, 0.2) is 0 Å². The molecule has 1 heteroatoms. The van der Waals surface area contributed by atoms with Crippen molar-refractivity contribution < 1.29 is 0 Å². The van der Waals surface area contributed by atoms with E-state index in [1.165, 1.54) is 22.0 Å². The minimum absolute atomic E-state index is 1.04. The smallest absolute Gasteiger partial charge is 0.0472 e. The van der Waals surface area contributed by atoms with Crippen molar-refractivity contribution in [2.45, 2.75) is 13.8 Å². The molecule has 0 aliphatic carbocycles. The van der Waals surface area contributed by atoms with E-state index in [1.807, 2.05) is 0 Å². The zero-order valence-electron chi connectivity index (χ0n) is 9.62. The second-order valence-electron chi connectivity index (χ2n) is 3.97. The highest BCUT2D eigenvalue weighted by atomic mass is 15.1. The molecule has 1 nitrogen and oxygen atoms in total. The van der Waals surface area contributed by atoms with E-state index in [2.05, 4.69) is 62.2 Å². The van der Waals surface area contributed by atoms with Gasteiger partial charge in [-0.05, 0) is 24.8 Å². The highest BCUT2D eigenvalue weighted by molar-refractivity contribution is 5.95. The van der Waals surface area contributed by atoms with Crippen molar-refractivity contribution in [2.75, 3.05) is 18.5 Å². The Labute approximate surface area is 91.3 Å². The summed E-state index contributed by atoms with van der Waals surface area (Å²) in [4.78, 5) is 2.30. The molecule has 0 aliphatic heterocycles. The first-order chi connectivity index (χ1) is 7.24. The molecule has 0 amide bonds. The van der Waals surface area contributed by atoms with E-state index in [-0.39, 0.29) is 0 Å². The average Bonchev–Trinajstić information content (AvgIpc) is 2.28. The molecular formula is C14H17N. The van der Waals surface area contributed by atoms with E-state index in [9.17, 15) is 0 Å². The number of anilines is 1. The van der Waals surface area contributed by atoms with Gasteiger partial charge in [0.25, 0.3) is 0 Å². The number of benzene rings is 2. The molecule has 0 aliphatic rings. The maximum Gasteiger partial charge on any atom is 0.0472 e. The van der Waals surface area contributed by atoms with E-state index in [4.69, 9.17) is 0 Å². The largest absolute Gasteiger partial charge is 0.374 e. The highest BCUT2D eigenvalue weighted by Crippen LogP contribution is 2.29. The third-order valence-electron chi connectivity index (χ3n) is 2.96. The Morgan fingerprint density at radius 2 is 1.80 bits per heavy atom. The van der Waals surface area contributed by atoms with Crippen LogP contribution in [0.4, 0.5) is 5.69 Å². The monoisotopic (exact) mass is 199 g/mol. The van der Waals surface area contributed by atoms with Crippen LogP contribution in [0.1, 0.15) is 12.5 Å². The van der Waals surface area contributed by atoms with Gasteiger partial charge >= 0.3 is 0 Å². The van der Waals surface area contributed by atoms with Crippen LogP contribution in [0, 0.1) is 6.92 Å². The zero-order valence-corrected chi connectivity index (χ0v) is 9.62. The van der Waals surface area contributed by atoms with Crippen LogP contribution < -0.4 is 4.90 Å². The molecule has 0 heterocycles. The van der Waals surface area contributed by atoms with Crippen molar-refractivity contribution in [1.29, 1.82) is 0 Å². The maximum atomic E-state index is 2.30. The summed E-state index contributed by atoms with van der Waals surface area (Å²) in [5.74, 6) is 0. The summed E-state index contributed by atoms with van der Waals surface area (Å²) in [5, 5.41) is 2.67. The Hall–Kier alpha value is -1.50. The number of rotatable bonds is 2. The first-order valence-corrected chi connectivity index (χ1v) is 5.43. The summed E-state index contributed by atoms with van der Waals surface area (Å²) in [6.07, 6.45) is 0. The molecule has 2 rings (SSSR count). The fourth-order valence-electron chi connectivity index (χ4n) is 2.03. The quantitative estimate of drug-likeness (QED) is 0.714. The second-order valence-corrected chi connectivity index (χ2v) is 3.97. The number of hydrogen-bond acceptors (Lipinski definition) is 1. The summed E-state index contributed by atoms with van der Waals surface area (Å²) < 4.78 is 0. The van der Waals surface area contributed by atoms with Crippen LogP contribution >= 0.6 is 0 Å². The summed E-state index contributed by atoms with van der Waals surface area (Å²) in [5.41, 5.74) is 2.70. The van der Waals surface area contributed by atoms with Crippen molar-refractivity contribution in [2.24, 2.45) is 0 Å². The van der Waals surface area contributed by atoms with Crippen molar-refractivity contribution >= 4 is 16.5 Å². The predicted molar refractivity (Wildman–Crippen MR) is 67.6 cm³/mol. The minimum Gasteiger partial charge on any atom is -0.374 e. The molecule has 0 radical (unpaired) electrons. The lowest BCUT2D eigenvalue weighted by molar-refractivity contribution is 0.967. The van der Waals surface area contributed by atoms with Gasteiger partial charge in [-0.25, -0.2) is 0 Å². The van der Waals surface area contributed by atoms with Gasteiger partial charge in [0, 0.05) is 24.7 Å². The standard InChI is InChI=1S/C14H17N/c1-4-15(3)14-11(2)9-10-12-7-5-6-8-13(12)14/h5-10H,4H2,1-3H3. The Balaban J connectivity index is 2.74. The SMILES string of the molecule is CCN(C)c1c(C)ccc2ccccc12. The third-order valence-corrected chi connectivity index (χ3v) is 2.96. The first kappa shape index (κ1) is 10.0. The van der Waals surface area contributed by atoms with Gasteiger partial charge in [0.05, 0.1) is 0 Å². The molecule has 0 spiro atoms. The second kappa shape index (κ2) is 3.93. The molecule has 0 aromatic heterocycles. The third kappa shape index (κ3) is 1.70. The Morgan fingerprint density at radius 3 is 2.53 bits per heavy atom. The van der Waals surface area contributed by atoms with E-state index >= 15 is 0 Å². The number of fused-ring (bicyclic) bond motifs is 1. The van der Waals surface area contributed by atoms with Gasteiger partial charge in [0.1, 0.15) is 0 Å². The zero-order chi connectivity index (χ0) is 10.8. The lowest BCUT2D eigenvalue weighted by Crippen LogP contribution is -2.17. The Morgan fingerprint density at radius 1 is 1.07 bits per heavy atom. The highest BCUT2D eigenvalue weighted by Gasteiger charge is 2.06. The van der Waals surface area contributed by atoms with Crippen LogP contribution in [0.15, 0.2) is 36.4 Å². The Kier molecular flexibility index (Phi) is 2.63. The number of hydrogen-bond donors (Lipinski definition) is 0. The van der Waals surface area contributed by atoms with E-state index in [1.54, 1.807) is 0 Å². The molecule has 15 heavy (non-hydrogen) atoms. The minimum atomic E-state index is 1.04. The molecule has 2 aromatic rings. The van der Waals surface area contributed by atoms with Crippen LogP contribution in [0.25, 0.3) is 10.8 Å². The predicted octanol–water partition coefficient (Wildman–Crippen LogP) is 3.60. The summed E-state index contributed by atoms with van der Waals surface area (Å²) in [6.45, 7) is 5.39. The van der Waals surface area contributed by atoms with Crippen molar-refractivity contribution in [3.8, 4) is 0 Å². The van der Waals surface area contributed by atoms with E-state index in [0.29, 0.717) is 0 Å². The number of aryl methyl sites for hydroxylation is 1. The molecule has 0 saturated heterocycles. The molecule has 0 unspecified atom stereocenters. The van der Waals surface area contributed by atoms with E-state index < -0.39 is 0 Å². The van der Waals surface area contributed by atoms with Crippen molar-refractivity contribution in [3.05, 3.63) is 42.0 Å². The lowest BCUT2D eigenvalue weighted by Gasteiger charge is -2.21. The van der Waals surface area contributed by atoms with Gasteiger partial charge in [0.2, 0.25) is 0 Å². The molecule has 0 N–H and O–H groups in total. The summed E-state index contributed by atoms with van der Waals surface area (Å²) >= 11 is 0. The molecule has 0 bridgehead atoms. The molecule has 78 valence electrons. The maximum absolute atomic E-state index is 2.30. The average molecular weight is 199 g/mol. The van der Waals surface area contributed by atoms with Crippen LogP contribution in [0.2, 0.25) is 0 Å². The molecule has 2 aromatic carbocycles. The van der Waals surface area contributed by atoms with Crippen LogP contribution in [0.5, 0.6) is 0 Å². The molecule has 0 atom stereocenters. The van der Waals surface area contributed by atoms with Gasteiger partial charge in [-0.2, -0.15) is 0 Å². The van der Waals surface area contributed by atoms with Crippen molar-refractivity contribution in [1.82, 2.24) is 0 Å². The molecular weight excluding hydrogens is 182 g/mol. The summed E-state index contributed by atoms with van der Waals surface area (Å²) in [7, 11) is 2.15. The van der Waals surface area contributed by atoms with Gasteiger partial charge in [-0.3, -0.25) is 0 Å². The van der Waals surface area contributed by atoms with Crippen molar-refractivity contribution in [3.63, 3.8) is 0 Å². The molecule has 0 saturated carbocycles. The van der Waals surface area contributed by atoms with Crippen LogP contribution in [-0.4, -0.2) is 13.6 Å². The normalized spacial score (nSPS) is 10.6. The van der Waals surface area contributed by atoms with Gasteiger partial charge in [-0.1, -0.05) is 36.4 Å². The topological polar surface area (TPSA) is 3.24 Å². The number of nitrogens with zero attached hydrogens (tertiary/aromatic N) is 1. The fourth-order valence-corrected chi connectivity index (χ4v) is 2.03. The van der Waals surface area contributed by atoms with E-state index in [0.717, 1.165) is 6.54 Å². The Bertz CT molecular complexity index is 474. The molecule has 0 fully saturated rings. The van der Waals surface area contributed by atoms with Gasteiger partial charge in [-0.15, -0.1) is 0 Å². The fraction of sp³-hybridized carbons (Fsp3) is 0.286. The summed E-state index contributed by atoms with van der Waals surface area (Å²) in [6, 6.07) is 13.0. The first-order valence-electron chi connectivity index (χ1n) is 5.43. The van der Waals surface area contributed by atoms with Crippen LogP contribution in [0.3, 0.4) is 0 Å². The van der Waals surface area contributed by atoms with Gasteiger partial charge < -0.3 is 4.90 Å². The lowest BCUT2D eigenvalue weighted by atomic mass is 10.0.